The summed E-state index contributed by atoms with van der Waals surface area (Å²) in [6.45, 7) is 4.80. The summed E-state index contributed by atoms with van der Waals surface area (Å²) in [6.07, 6.45) is 1.95. The van der Waals surface area contributed by atoms with Crippen molar-refractivity contribution >= 4 is 0 Å². The highest BCUT2D eigenvalue weighted by Crippen LogP contribution is 2.22. The van der Waals surface area contributed by atoms with Crippen molar-refractivity contribution in [1.29, 1.82) is 0 Å². The van der Waals surface area contributed by atoms with Gasteiger partial charge in [-0.05, 0) is 39.6 Å². The topological polar surface area (TPSA) is 62.6 Å². The molecule has 3 aromatic rings. The Bertz CT molecular complexity index is 768. The van der Waals surface area contributed by atoms with Crippen molar-refractivity contribution < 1.29 is 0 Å². The van der Waals surface area contributed by atoms with Crippen molar-refractivity contribution in [2.45, 2.75) is 26.4 Å². The minimum Gasteiger partial charge on any atom is -0.303 e. The summed E-state index contributed by atoms with van der Waals surface area (Å²) in [7, 11) is 4.17. The van der Waals surface area contributed by atoms with Crippen molar-refractivity contribution in [2.75, 3.05) is 14.1 Å². The lowest BCUT2D eigenvalue weighted by molar-refractivity contribution is 0.321. The van der Waals surface area contributed by atoms with Crippen LogP contribution in [0.15, 0.2) is 36.5 Å². The summed E-state index contributed by atoms with van der Waals surface area (Å²) in [5.41, 5.74) is 5.24. The van der Waals surface area contributed by atoms with Crippen LogP contribution in [0.4, 0.5) is 0 Å². The fraction of sp³-hybridized carbons (Fsp3) is 0.353. The molecule has 0 radical (unpaired) electrons. The molecule has 6 nitrogen and oxygen atoms in total. The van der Waals surface area contributed by atoms with Gasteiger partial charge in [-0.2, -0.15) is 5.10 Å². The smallest absolute Gasteiger partial charge is 0.113 e. The maximum Gasteiger partial charge on any atom is 0.113 e. The van der Waals surface area contributed by atoms with Crippen molar-refractivity contribution in [2.24, 2.45) is 0 Å². The molecule has 23 heavy (non-hydrogen) atoms. The second-order valence-corrected chi connectivity index (χ2v) is 6.11. The molecule has 0 saturated heterocycles. The molecule has 0 saturated carbocycles. The summed E-state index contributed by atoms with van der Waals surface area (Å²) < 4.78 is 1.81. The van der Waals surface area contributed by atoms with E-state index in [-0.39, 0.29) is 0 Å². The summed E-state index contributed by atoms with van der Waals surface area (Å²) in [5, 5.41) is 15.6. The van der Waals surface area contributed by atoms with Crippen molar-refractivity contribution in [3.63, 3.8) is 0 Å². The van der Waals surface area contributed by atoms with Gasteiger partial charge in [0.05, 0.1) is 18.4 Å². The van der Waals surface area contributed by atoms with Crippen LogP contribution in [0.5, 0.6) is 0 Å². The molecule has 0 bridgehead atoms. The molecule has 0 unspecified atom stereocenters. The highest BCUT2D eigenvalue weighted by Gasteiger charge is 2.09. The summed E-state index contributed by atoms with van der Waals surface area (Å²) in [6, 6.07) is 10.9. The van der Waals surface area contributed by atoms with Crippen molar-refractivity contribution in [3.8, 4) is 11.3 Å². The Hall–Kier alpha value is -2.47. The zero-order valence-electron chi connectivity index (χ0n) is 14.0. The lowest BCUT2D eigenvalue weighted by Gasteiger charge is -2.20. The Kier molecular flexibility index (Phi) is 4.25. The molecule has 2 heterocycles. The third kappa shape index (κ3) is 3.48. The maximum atomic E-state index is 4.26. The van der Waals surface area contributed by atoms with Crippen LogP contribution in [0, 0.1) is 6.92 Å². The van der Waals surface area contributed by atoms with E-state index >= 15 is 0 Å². The first kappa shape index (κ1) is 15.4. The molecule has 2 aromatic heterocycles. The number of aryl methyl sites for hydroxylation is 1. The van der Waals surface area contributed by atoms with E-state index in [1.54, 1.807) is 4.68 Å². The molecule has 0 fully saturated rings. The second kappa shape index (κ2) is 6.34. The van der Waals surface area contributed by atoms with Gasteiger partial charge in [0.1, 0.15) is 5.69 Å². The van der Waals surface area contributed by atoms with Gasteiger partial charge in [-0.3, -0.25) is 5.10 Å². The first-order valence-corrected chi connectivity index (χ1v) is 7.70. The number of rotatable bonds is 5. The molecule has 0 spiro atoms. The van der Waals surface area contributed by atoms with Crippen LogP contribution in [0.3, 0.4) is 0 Å². The standard InChI is InChI=1S/C17H22N6/c1-12-9-16(19-18-12)10-23-11-17(20-21-23)15-7-5-14(6-8-15)13(2)22(3)4/h5-9,11,13H,10H2,1-4H3,(H,18,19)/t13-/m1/s1. The fourth-order valence-electron chi connectivity index (χ4n) is 2.46. The molecular formula is C17H22N6. The second-order valence-electron chi connectivity index (χ2n) is 6.11. The summed E-state index contributed by atoms with van der Waals surface area (Å²) in [4.78, 5) is 2.19. The first-order chi connectivity index (χ1) is 11.0. The van der Waals surface area contributed by atoms with E-state index in [9.17, 15) is 0 Å². The van der Waals surface area contributed by atoms with Crippen LogP contribution in [0.2, 0.25) is 0 Å². The molecule has 1 aromatic carbocycles. The Balaban J connectivity index is 1.75. The first-order valence-electron chi connectivity index (χ1n) is 7.70. The average Bonchev–Trinajstić information content (AvgIpc) is 3.16. The van der Waals surface area contributed by atoms with E-state index in [0.29, 0.717) is 12.6 Å². The van der Waals surface area contributed by atoms with Crippen LogP contribution in [-0.2, 0) is 6.54 Å². The number of nitrogens with zero attached hydrogens (tertiary/aromatic N) is 5. The van der Waals surface area contributed by atoms with E-state index in [0.717, 1.165) is 22.6 Å². The number of aromatic nitrogens is 5. The third-order valence-electron chi connectivity index (χ3n) is 4.09. The highest BCUT2D eigenvalue weighted by molar-refractivity contribution is 5.58. The predicted octanol–water partition coefficient (Wildman–Crippen LogP) is 2.65. The van der Waals surface area contributed by atoms with Gasteiger partial charge in [0.15, 0.2) is 0 Å². The third-order valence-corrected chi connectivity index (χ3v) is 4.09. The van der Waals surface area contributed by atoms with Crippen LogP contribution in [-0.4, -0.2) is 44.2 Å². The molecule has 6 heteroatoms. The van der Waals surface area contributed by atoms with Gasteiger partial charge in [0.25, 0.3) is 0 Å². The predicted molar refractivity (Wildman–Crippen MR) is 90.0 cm³/mol. The molecule has 0 aliphatic rings. The van der Waals surface area contributed by atoms with E-state index in [4.69, 9.17) is 0 Å². The fourth-order valence-corrected chi connectivity index (χ4v) is 2.46. The minimum absolute atomic E-state index is 0.391. The van der Waals surface area contributed by atoms with Crippen LogP contribution < -0.4 is 0 Å². The van der Waals surface area contributed by atoms with Gasteiger partial charge in [0.2, 0.25) is 0 Å². The van der Waals surface area contributed by atoms with Gasteiger partial charge in [0, 0.05) is 17.3 Å². The summed E-state index contributed by atoms with van der Waals surface area (Å²) >= 11 is 0. The van der Waals surface area contributed by atoms with Crippen LogP contribution in [0.25, 0.3) is 11.3 Å². The Morgan fingerprint density at radius 2 is 1.96 bits per heavy atom. The van der Waals surface area contributed by atoms with Crippen molar-refractivity contribution in [1.82, 2.24) is 30.1 Å². The largest absolute Gasteiger partial charge is 0.303 e. The number of benzene rings is 1. The molecule has 0 aliphatic carbocycles. The number of hydrogen-bond donors (Lipinski definition) is 1. The van der Waals surface area contributed by atoms with Crippen LogP contribution in [0.1, 0.15) is 29.9 Å². The normalized spacial score (nSPS) is 12.7. The summed E-state index contributed by atoms with van der Waals surface area (Å²) in [5.74, 6) is 0. The highest BCUT2D eigenvalue weighted by atomic mass is 15.4. The van der Waals surface area contributed by atoms with Gasteiger partial charge in [-0.15, -0.1) is 5.10 Å². The monoisotopic (exact) mass is 310 g/mol. The molecule has 1 atom stereocenters. The average molecular weight is 310 g/mol. The van der Waals surface area contributed by atoms with E-state index < -0.39 is 0 Å². The SMILES string of the molecule is Cc1cc(Cn2cc(-c3ccc([C@@H](C)N(C)C)cc3)nn2)n[nH]1. The molecule has 3 rings (SSSR count). The van der Waals surface area contributed by atoms with Gasteiger partial charge in [-0.25, -0.2) is 4.68 Å². The number of nitrogens with one attached hydrogen (secondary N) is 1. The quantitative estimate of drug-likeness (QED) is 0.787. The van der Waals surface area contributed by atoms with Gasteiger partial charge < -0.3 is 4.90 Å². The minimum atomic E-state index is 0.391. The van der Waals surface area contributed by atoms with Crippen molar-refractivity contribution in [3.05, 3.63) is 53.5 Å². The maximum absolute atomic E-state index is 4.26. The van der Waals surface area contributed by atoms with Gasteiger partial charge in [-0.1, -0.05) is 29.5 Å². The van der Waals surface area contributed by atoms with E-state index in [2.05, 4.69) is 70.7 Å². The van der Waals surface area contributed by atoms with E-state index in [1.165, 1.54) is 5.56 Å². The van der Waals surface area contributed by atoms with E-state index in [1.807, 2.05) is 19.2 Å². The van der Waals surface area contributed by atoms with Gasteiger partial charge >= 0.3 is 0 Å². The number of hydrogen-bond acceptors (Lipinski definition) is 4. The van der Waals surface area contributed by atoms with Crippen LogP contribution >= 0.6 is 0 Å². The number of aromatic amines is 1. The zero-order chi connectivity index (χ0) is 16.4. The molecular weight excluding hydrogens is 288 g/mol. The molecule has 120 valence electrons. The lowest BCUT2D eigenvalue weighted by atomic mass is 10.0. The lowest BCUT2D eigenvalue weighted by Crippen LogP contribution is -2.16. The molecule has 1 N–H and O–H groups in total. The molecule has 0 aliphatic heterocycles. The zero-order valence-corrected chi connectivity index (χ0v) is 14.0. The number of H-pyrrole nitrogens is 1. The molecule has 0 amide bonds. The Morgan fingerprint density at radius 1 is 1.22 bits per heavy atom. The Morgan fingerprint density at radius 3 is 2.57 bits per heavy atom. The Labute approximate surface area is 136 Å².